The van der Waals surface area contributed by atoms with Crippen molar-refractivity contribution in [2.75, 3.05) is 19.0 Å². The standard InChI is InChI=1S/C29H32FN5O9/c1-14-32-22-8-4-15(10-18(22)26(39)33-14)13-34(2)16-5-6-17(20(30)11-16)27(40)35(3)23(29(43)44)12-19(28(41)42)25(38)21(31)7-9-24(36)37/h4-6,8,10-11,19,21,23H,7,9,12-13,31H2,1-3H3,(H,36,37)(H,41,42)(H,43,44)(H,32,33,39)/t19?,21-,23-/m0/s1. The Morgan fingerprint density at radius 3 is 2.30 bits per heavy atom. The summed E-state index contributed by atoms with van der Waals surface area (Å²) in [6, 6.07) is 5.46. The number of nitrogens with one attached hydrogen (secondary N) is 1. The molecule has 0 saturated heterocycles. The van der Waals surface area contributed by atoms with Crippen LogP contribution in [0.1, 0.15) is 41.0 Å². The van der Waals surface area contributed by atoms with Crippen LogP contribution in [0, 0.1) is 18.7 Å². The molecule has 3 aromatic rings. The second kappa shape index (κ2) is 13.9. The maximum absolute atomic E-state index is 15.2. The lowest BCUT2D eigenvalue weighted by molar-refractivity contribution is -0.149. The van der Waals surface area contributed by atoms with Crippen LogP contribution in [0.4, 0.5) is 10.1 Å². The van der Waals surface area contributed by atoms with E-state index in [1.165, 1.54) is 6.07 Å². The number of H-pyrrole nitrogens is 1. The Labute approximate surface area is 249 Å². The van der Waals surface area contributed by atoms with Crippen LogP contribution in [-0.2, 0) is 25.7 Å². The topological polar surface area (TPSA) is 224 Å². The number of aromatic amines is 1. The molecule has 14 nitrogen and oxygen atoms in total. The predicted octanol–water partition coefficient (Wildman–Crippen LogP) is 1.38. The Hall–Kier alpha value is -5.18. The quantitative estimate of drug-likeness (QED) is 0.163. The molecule has 0 aliphatic carbocycles. The lowest BCUT2D eigenvalue weighted by Crippen LogP contribution is -2.48. The third-order valence-corrected chi connectivity index (χ3v) is 7.14. The highest BCUT2D eigenvalue weighted by molar-refractivity contribution is 6.02. The number of fused-ring (bicyclic) bond motifs is 1. The molecule has 1 amide bonds. The number of carboxylic acid groups (broad SMARTS) is 3. The van der Waals surface area contributed by atoms with Gasteiger partial charge in [0.2, 0.25) is 0 Å². The van der Waals surface area contributed by atoms with E-state index in [0.29, 0.717) is 27.3 Å². The number of carbonyl (C=O) groups is 5. The van der Waals surface area contributed by atoms with Gasteiger partial charge in [0, 0.05) is 32.7 Å². The normalized spacial score (nSPS) is 13.1. The van der Waals surface area contributed by atoms with Crippen LogP contribution in [0.5, 0.6) is 0 Å². The van der Waals surface area contributed by atoms with Crippen molar-refractivity contribution < 1.29 is 43.7 Å². The van der Waals surface area contributed by atoms with Gasteiger partial charge in [-0.3, -0.25) is 24.0 Å². The number of ketones is 1. The third kappa shape index (κ3) is 7.80. The summed E-state index contributed by atoms with van der Waals surface area (Å²) in [4.78, 5) is 81.9. The van der Waals surface area contributed by atoms with Crippen molar-refractivity contribution in [2.24, 2.45) is 11.7 Å². The third-order valence-electron chi connectivity index (χ3n) is 7.14. The number of aromatic nitrogens is 2. The lowest BCUT2D eigenvalue weighted by atomic mass is 9.89. The van der Waals surface area contributed by atoms with Gasteiger partial charge in [0.15, 0.2) is 5.78 Å². The molecule has 0 radical (unpaired) electrons. The van der Waals surface area contributed by atoms with Crippen LogP contribution in [0.2, 0.25) is 0 Å². The van der Waals surface area contributed by atoms with Crippen LogP contribution in [-0.4, -0.2) is 86.0 Å². The number of aliphatic carboxylic acids is 3. The minimum absolute atomic E-state index is 0.260. The van der Waals surface area contributed by atoms with Gasteiger partial charge in [0.05, 0.1) is 22.5 Å². The highest BCUT2D eigenvalue weighted by atomic mass is 19.1. The fourth-order valence-corrected chi connectivity index (χ4v) is 4.68. The van der Waals surface area contributed by atoms with E-state index in [-0.39, 0.29) is 18.5 Å². The van der Waals surface area contributed by atoms with Gasteiger partial charge in [-0.1, -0.05) is 6.07 Å². The Bertz CT molecular complexity index is 1670. The van der Waals surface area contributed by atoms with Crippen molar-refractivity contribution in [1.29, 1.82) is 0 Å². The molecule has 1 heterocycles. The van der Waals surface area contributed by atoms with E-state index in [1.54, 1.807) is 37.1 Å². The highest BCUT2D eigenvalue weighted by Crippen LogP contribution is 2.23. The van der Waals surface area contributed by atoms with Crippen LogP contribution in [0.15, 0.2) is 41.2 Å². The van der Waals surface area contributed by atoms with E-state index in [0.717, 1.165) is 24.7 Å². The SMILES string of the molecule is Cc1nc2ccc(CN(C)c3ccc(C(=O)N(C)[C@@H](CC(C(=O)O)C(=O)[C@@H](N)CCC(=O)O)C(=O)O)c(F)c3)cc2c(=O)[nH]1. The Kier molecular flexibility index (Phi) is 10.5. The number of rotatable bonds is 14. The minimum atomic E-state index is -1.96. The number of Topliss-reactive ketones (excluding diaryl/α,β-unsaturated/α-hetero) is 1. The van der Waals surface area contributed by atoms with Crippen molar-refractivity contribution in [2.45, 2.75) is 44.8 Å². The zero-order chi connectivity index (χ0) is 32.9. The first-order chi connectivity index (χ1) is 20.6. The van der Waals surface area contributed by atoms with E-state index in [2.05, 4.69) is 9.97 Å². The van der Waals surface area contributed by atoms with Gasteiger partial charge in [-0.15, -0.1) is 0 Å². The van der Waals surface area contributed by atoms with Gasteiger partial charge in [0.1, 0.15) is 23.6 Å². The number of likely N-dealkylation sites (N-methyl/N-ethyl adjacent to an activating group) is 1. The number of anilines is 1. The zero-order valence-corrected chi connectivity index (χ0v) is 24.1. The number of nitrogens with two attached hydrogens (primary N) is 1. The first-order valence-corrected chi connectivity index (χ1v) is 13.3. The first-order valence-electron chi connectivity index (χ1n) is 13.3. The average Bonchev–Trinajstić information content (AvgIpc) is 2.95. The van der Waals surface area contributed by atoms with Gasteiger partial charge in [0.25, 0.3) is 11.5 Å². The van der Waals surface area contributed by atoms with Crippen molar-refractivity contribution in [3.05, 3.63) is 69.5 Å². The number of nitrogens with zero attached hydrogens (tertiary/aromatic N) is 3. The molecule has 0 spiro atoms. The molecule has 6 N–H and O–H groups in total. The second-order valence-electron chi connectivity index (χ2n) is 10.4. The summed E-state index contributed by atoms with van der Waals surface area (Å²) in [6.45, 7) is 1.93. The summed E-state index contributed by atoms with van der Waals surface area (Å²) in [5.74, 6) is -9.23. The molecular formula is C29H32FN5O9. The van der Waals surface area contributed by atoms with Crippen LogP contribution < -0.4 is 16.2 Å². The van der Waals surface area contributed by atoms with Crippen molar-refractivity contribution in [1.82, 2.24) is 14.9 Å². The number of hydrogen-bond donors (Lipinski definition) is 5. The number of benzene rings is 2. The van der Waals surface area contributed by atoms with Crippen molar-refractivity contribution in [3.63, 3.8) is 0 Å². The van der Waals surface area contributed by atoms with Gasteiger partial charge in [-0.2, -0.15) is 0 Å². The van der Waals surface area contributed by atoms with Crippen LogP contribution in [0.3, 0.4) is 0 Å². The average molecular weight is 614 g/mol. The molecule has 44 heavy (non-hydrogen) atoms. The number of hydrogen-bond acceptors (Lipinski definition) is 9. The van der Waals surface area contributed by atoms with Crippen molar-refractivity contribution in [3.8, 4) is 0 Å². The van der Waals surface area contributed by atoms with Gasteiger partial charge in [-0.25, -0.2) is 14.2 Å². The molecule has 3 rings (SSSR count). The Morgan fingerprint density at radius 1 is 1.02 bits per heavy atom. The summed E-state index contributed by atoms with van der Waals surface area (Å²) in [5, 5.41) is 28.5. The minimum Gasteiger partial charge on any atom is -0.481 e. The van der Waals surface area contributed by atoms with Gasteiger partial charge < -0.3 is 35.8 Å². The highest BCUT2D eigenvalue weighted by Gasteiger charge is 2.38. The smallest absolute Gasteiger partial charge is 0.326 e. The Balaban J connectivity index is 1.78. The molecule has 1 aromatic heterocycles. The van der Waals surface area contributed by atoms with Gasteiger partial charge >= 0.3 is 17.9 Å². The lowest BCUT2D eigenvalue weighted by Gasteiger charge is -2.28. The van der Waals surface area contributed by atoms with Crippen molar-refractivity contribution >= 4 is 46.2 Å². The molecule has 15 heteroatoms. The number of halogens is 1. The zero-order valence-electron chi connectivity index (χ0n) is 24.1. The number of carboxylic acids is 3. The fraction of sp³-hybridized carbons (Fsp3) is 0.345. The molecule has 0 fully saturated rings. The number of aryl methyl sites for hydroxylation is 1. The second-order valence-corrected chi connectivity index (χ2v) is 10.4. The molecule has 3 atom stereocenters. The molecule has 234 valence electrons. The van der Waals surface area contributed by atoms with E-state index < -0.39 is 71.8 Å². The molecule has 0 aliphatic rings. The monoisotopic (exact) mass is 613 g/mol. The Morgan fingerprint density at radius 2 is 1.70 bits per heavy atom. The molecule has 0 saturated carbocycles. The summed E-state index contributed by atoms with van der Waals surface area (Å²) in [7, 11) is 2.70. The molecular weight excluding hydrogens is 581 g/mol. The van der Waals surface area contributed by atoms with E-state index in [4.69, 9.17) is 10.8 Å². The van der Waals surface area contributed by atoms with Crippen LogP contribution >= 0.6 is 0 Å². The maximum atomic E-state index is 15.2. The summed E-state index contributed by atoms with van der Waals surface area (Å²) in [5.41, 5.74) is 6.47. The fourth-order valence-electron chi connectivity index (χ4n) is 4.68. The maximum Gasteiger partial charge on any atom is 0.326 e. The first kappa shape index (κ1) is 33.3. The van der Waals surface area contributed by atoms with E-state index >= 15 is 4.39 Å². The van der Waals surface area contributed by atoms with E-state index in [1.807, 2.05) is 0 Å². The number of amides is 1. The summed E-state index contributed by atoms with van der Waals surface area (Å²) < 4.78 is 15.2. The van der Waals surface area contributed by atoms with Crippen LogP contribution in [0.25, 0.3) is 10.9 Å². The summed E-state index contributed by atoms with van der Waals surface area (Å²) >= 11 is 0. The largest absolute Gasteiger partial charge is 0.481 e. The summed E-state index contributed by atoms with van der Waals surface area (Å²) in [6.07, 6.45) is -1.76. The molecule has 0 aliphatic heterocycles. The molecule has 1 unspecified atom stereocenters. The molecule has 2 aromatic carbocycles. The number of carbonyl (C=O) groups excluding carboxylic acids is 2. The predicted molar refractivity (Wildman–Crippen MR) is 155 cm³/mol. The van der Waals surface area contributed by atoms with Gasteiger partial charge in [-0.05, 0) is 55.7 Å². The molecule has 0 bridgehead atoms. The van der Waals surface area contributed by atoms with E-state index in [9.17, 15) is 39.0 Å².